The molecule has 3 aliphatic rings. The lowest BCUT2D eigenvalue weighted by atomic mass is 9.91. The summed E-state index contributed by atoms with van der Waals surface area (Å²) in [5.41, 5.74) is -0.0579. The van der Waals surface area contributed by atoms with Crippen molar-refractivity contribution < 1.29 is 14.3 Å². The van der Waals surface area contributed by atoms with E-state index in [0.717, 1.165) is 19.5 Å². The Kier molecular flexibility index (Phi) is 4.80. The van der Waals surface area contributed by atoms with Gasteiger partial charge in [0.2, 0.25) is 0 Å². The largest absolute Gasteiger partial charge is 0.441 e. The van der Waals surface area contributed by atoms with Gasteiger partial charge in [0.25, 0.3) is 5.91 Å². The van der Waals surface area contributed by atoms with Crippen LogP contribution in [0.2, 0.25) is 0 Å². The molecule has 0 aliphatic carbocycles. The third kappa shape index (κ3) is 3.67. The van der Waals surface area contributed by atoms with Gasteiger partial charge in [0.15, 0.2) is 5.69 Å². The highest BCUT2D eigenvalue weighted by atomic mass is 16.6. The van der Waals surface area contributed by atoms with Crippen LogP contribution in [0.1, 0.15) is 49.0 Å². The monoisotopic (exact) mass is 362 g/mol. The Morgan fingerprint density at radius 3 is 2.88 bits per heavy atom. The van der Waals surface area contributed by atoms with Gasteiger partial charge in [0, 0.05) is 38.5 Å². The Hall–Kier alpha value is -2.16. The molecule has 0 unspecified atom stereocenters. The van der Waals surface area contributed by atoms with Gasteiger partial charge in [-0.05, 0) is 25.8 Å². The van der Waals surface area contributed by atoms with E-state index in [1.807, 2.05) is 0 Å². The Morgan fingerprint density at radius 2 is 2.19 bits per heavy atom. The summed E-state index contributed by atoms with van der Waals surface area (Å²) in [5, 5.41) is 14.4. The first kappa shape index (κ1) is 17.3. The van der Waals surface area contributed by atoms with Crippen LogP contribution in [0.25, 0.3) is 0 Å². The quantitative estimate of drug-likeness (QED) is 0.810. The molecule has 0 radical (unpaired) electrons. The fourth-order valence-corrected chi connectivity index (χ4v) is 4.02. The topological polar surface area (TPSA) is 101 Å². The number of nitrogens with zero attached hydrogens (tertiary/aromatic N) is 4. The van der Waals surface area contributed by atoms with Crippen molar-refractivity contribution in [2.75, 3.05) is 26.2 Å². The van der Waals surface area contributed by atoms with Crippen molar-refractivity contribution >= 4 is 12.0 Å². The van der Waals surface area contributed by atoms with Gasteiger partial charge in [-0.25, -0.2) is 4.79 Å². The molecule has 4 rings (SSSR count). The van der Waals surface area contributed by atoms with Gasteiger partial charge in [-0.3, -0.25) is 9.48 Å². The normalized spacial score (nSPS) is 25.2. The molecule has 1 aromatic heterocycles. The fraction of sp³-hybridized carbons (Fsp3) is 0.765. The van der Waals surface area contributed by atoms with Crippen molar-refractivity contribution in [1.29, 1.82) is 0 Å². The molecule has 1 aromatic rings. The molecular formula is C17H26N6O3. The van der Waals surface area contributed by atoms with Crippen LogP contribution in [0.15, 0.2) is 6.20 Å². The number of nitrogens with one attached hydrogen (secondary N) is 2. The third-order valence-electron chi connectivity index (χ3n) is 5.70. The van der Waals surface area contributed by atoms with Crippen LogP contribution in [-0.4, -0.2) is 69.7 Å². The maximum absolute atomic E-state index is 12.7. The van der Waals surface area contributed by atoms with Crippen LogP contribution in [0, 0.1) is 0 Å². The standard InChI is InChI=1S/C17H26N6O3/c24-15(22-9-5-17(6-10-22)12-19-16(25)26-17)14-11-23(21-20-14)8-4-13-3-1-2-7-18-13/h11,13,18H,1-10,12H2,(H,19,25)/t13-/m0/s1. The molecule has 142 valence electrons. The maximum Gasteiger partial charge on any atom is 0.407 e. The van der Waals surface area contributed by atoms with Crippen LogP contribution < -0.4 is 10.6 Å². The Labute approximate surface area is 152 Å². The molecule has 26 heavy (non-hydrogen) atoms. The first-order valence-electron chi connectivity index (χ1n) is 9.53. The van der Waals surface area contributed by atoms with Crippen molar-refractivity contribution in [2.45, 2.75) is 56.7 Å². The summed E-state index contributed by atoms with van der Waals surface area (Å²) in [4.78, 5) is 25.7. The number of aryl methyl sites for hydroxylation is 1. The van der Waals surface area contributed by atoms with Crippen LogP contribution in [-0.2, 0) is 11.3 Å². The lowest BCUT2D eigenvalue weighted by Crippen LogP contribution is -2.48. The van der Waals surface area contributed by atoms with E-state index in [4.69, 9.17) is 4.74 Å². The second kappa shape index (κ2) is 7.22. The molecule has 3 aliphatic heterocycles. The van der Waals surface area contributed by atoms with Gasteiger partial charge in [-0.1, -0.05) is 11.6 Å². The number of ether oxygens (including phenoxy) is 1. The highest BCUT2D eigenvalue weighted by Crippen LogP contribution is 2.29. The van der Waals surface area contributed by atoms with Crippen molar-refractivity contribution in [1.82, 2.24) is 30.5 Å². The molecule has 0 aromatic carbocycles. The first-order chi connectivity index (χ1) is 12.6. The summed E-state index contributed by atoms with van der Waals surface area (Å²) in [6.45, 7) is 3.51. The molecule has 4 heterocycles. The third-order valence-corrected chi connectivity index (χ3v) is 5.70. The van der Waals surface area contributed by atoms with Gasteiger partial charge < -0.3 is 20.3 Å². The van der Waals surface area contributed by atoms with E-state index >= 15 is 0 Å². The number of amides is 2. The molecule has 1 atom stereocenters. The second-order valence-electron chi connectivity index (χ2n) is 7.52. The Bertz CT molecular complexity index is 661. The van der Waals surface area contributed by atoms with Gasteiger partial charge in [-0.2, -0.15) is 0 Å². The van der Waals surface area contributed by atoms with Crippen molar-refractivity contribution in [3.63, 3.8) is 0 Å². The van der Waals surface area contributed by atoms with Crippen LogP contribution in [0.3, 0.4) is 0 Å². The maximum atomic E-state index is 12.7. The van der Waals surface area contributed by atoms with Gasteiger partial charge in [0.1, 0.15) is 5.60 Å². The zero-order valence-electron chi connectivity index (χ0n) is 14.9. The number of piperidine rings is 2. The molecule has 2 amide bonds. The number of hydrogen-bond donors (Lipinski definition) is 2. The Morgan fingerprint density at radius 1 is 1.35 bits per heavy atom. The predicted octanol–water partition coefficient (Wildman–Crippen LogP) is 0.525. The number of carbonyl (C=O) groups is 2. The SMILES string of the molecule is O=C1NCC2(CCN(C(=O)c3cn(CC[C@@H]4CCCCN4)nn3)CC2)O1. The van der Waals surface area contributed by atoms with E-state index in [1.54, 1.807) is 15.8 Å². The van der Waals surface area contributed by atoms with Crippen LogP contribution in [0.4, 0.5) is 4.79 Å². The minimum Gasteiger partial charge on any atom is -0.441 e. The summed E-state index contributed by atoms with van der Waals surface area (Å²) in [7, 11) is 0. The van der Waals surface area contributed by atoms with Crippen LogP contribution in [0.5, 0.6) is 0 Å². The summed E-state index contributed by atoms with van der Waals surface area (Å²) in [6, 6.07) is 0.535. The minimum absolute atomic E-state index is 0.0980. The minimum atomic E-state index is -0.446. The lowest BCUT2D eigenvalue weighted by molar-refractivity contribution is 0.00314. The number of carbonyl (C=O) groups excluding carboxylic acids is 2. The molecule has 3 fully saturated rings. The molecule has 3 saturated heterocycles. The molecule has 0 saturated carbocycles. The summed E-state index contributed by atoms with van der Waals surface area (Å²) in [5.74, 6) is -0.0980. The average Bonchev–Trinajstić information content (AvgIpc) is 3.28. The first-order valence-corrected chi connectivity index (χ1v) is 9.53. The smallest absolute Gasteiger partial charge is 0.407 e. The Balaban J connectivity index is 1.28. The molecule has 9 heteroatoms. The van der Waals surface area contributed by atoms with Crippen LogP contribution >= 0.6 is 0 Å². The molecule has 2 N–H and O–H groups in total. The average molecular weight is 362 g/mol. The van der Waals surface area contributed by atoms with Crippen molar-refractivity contribution in [3.05, 3.63) is 11.9 Å². The van der Waals surface area contributed by atoms with Crippen molar-refractivity contribution in [2.24, 2.45) is 0 Å². The highest BCUT2D eigenvalue weighted by Gasteiger charge is 2.43. The zero-order chi connectivity index (χ0) is 18.0. The van der Waals surface area contributed by atoms with E-state index in [-0.39, 0.29) is 12.0 Å². The molecule has 9 nitrogen and oxygen atoms in total. The van der Waals surface area contributed by atoms with Gasteiger partial charge in [-0.15, -0.1) is 5.10 Å². The van der Waals surface area contributed by atoms with E-state index in [2.05, 4.69) is 20.9 Å². The summed E-state index contributed by atoms with van der Waals surface area (Å²) < 4.78 is 7.15. The van der Waals surface area contributed by atoms with Crippen molar-refractivity contribution in [3.8, 4) is 0 Å². The zero-order valence-corrected chi connectivity index (χ0v) is 14.9. The van der Waals surface area contributed by atoms with E-state index in [9.17, 15) is 9.59 Å². The second-order valence-corrected chi connectivity index (χ2v) is 7.52. The predicted molar refractivity (Wildman–Crippen MR) is 92.6 cm³/mol. The summed E-state index contributed by atoms with van der Waals surface area (Å²) >= 11 is 0. The van der Waals surface area contributed by atoms with Gasteiger partial charge >= 0.3 is 6.09 Å². The van der Waals surface area contributed by atoms with E-state index in [1.165, 1.54) is 19.3 Å². The molecule has 0 bridgehead atoms. The summed E-state index contributed by atoms with van der Waals surface area (Å²) in [6.07, 6.45) is 7.42. The van der Waals surface area contributed by atoms with Gasteiger partial charge in [0.05, 0.1) is 12.7 Å². The number of alkyl carbamates (subject to hydrolysis) is 1. The van der Waals surface area contributed by atoms with E-state index in [0.29, 0.717) is 44.2 Å². The number of hydrogen-bond acceptors (Lipinski definition) is 6. The van der Waals surface area contributed by atoms with E-state index < -0.39 is 5.60 Å². The number of rotatable bonds is 4. The highest BCUT2D eigenvalue weighted by molar-refractivity contribution is 5.92. The molecular weight excluding hydrogens is 336 g/mol. The number of likely N-dealkylation sites (tertiary alicyclic amines) is 1. The number of aromatic nitrogens is 3. The molecule has 1 spiro atoms. The fourth-order valence-electron chi connectivity index (χ4n) is 4.02. The lowest BCUT2D eigenvalue weighted by Gasteiger charge is -2.36.